The monoisotopic (exact) mass is 171 g/mol. The fourth-order valence-electron chi connectivity index (χ4n) is 0.876. The third kappa shape index (κ3) is 5.89. The Kier molecular flexibility index (Phi) is 5.34. The van der Waals surface area contributed by atoms with E-state index in [9.17, 15) is 9.59 Å². The Bertz CT molecular complexity index is 166. The topological polar surface area (TPSA) is 46.2 Å². The van der Waals surface area contributed by atoms with E-state index >= 15 is 0 Å². The van der Waals surface area contributed by atoms with E-state index in [-0.39, 0.29) is 17.6 Å². The van der Waals surface area contributed by atoms with Gasteiger partial charge in [-0.25, -0.2) is 0 Å². The number of carbonyl (C=O) groups is 2. The van der Waals surface area contributed by atoms with Gasteiger partial charge >= 0.3 is 0 Å². The summed E-state index contributed by atoms with van der Waals surface area (Å²) in [4.78, 5) is 21.2. The summed E-state index contributed by atoms with van der Waals surface area (Å²) in [5, 5.41) is 2.69. The average Bonchev–Trinajstić information content (AvgIpc) is 1.97. The van der Waals surface area contributed by atoms with Gasteiger partial charge in [0.05, 0.1) is 0 Å². The van der Waals surface area contributed by atoms with Gasteiger partial charge < -0.3 is 5.32 Å². The summed E-state index contributed by atoms with van der Waals surface area (Å²) in [6.07, 6.45) is 1.73. The second kappa shape index (κ2) is 5.75. The van der Waals surface area contributed by atoms with Gasteiger partial charge in [0.15, 0.2) is 0 Å². The molecule has 0 saturated carbocycles. The van der Waals surface area contributed by atoms with Crippen molar-refractivity contribution in [3.8, 4) is 0 Å². The van der Waals surface area contributed by atoms with Gasteiger partial charge in [0.2, 0.25) is 5.91 Å². The van der Waals surface area contributed by atoms with E-state index in [1.165, 1.54) is 6.92 Å². The summed E-state index contributed by atoms with van der Waals surface area (Å²) in [6.45, 7) is 5.68. The summed E-state index contributed by atoms with van der Waals surface area (Å²) in [5.74, 6) is 0.335. The maximum absolute atomic E-state index is 10.8. The van der Waals surface area contributed by atoms with Crippen LogP contribution in [0.25, 0.3) is 0 Å². The first-order valence-electron chi connectivity index (χ1n) is 4.29. The number of hydrogen-bond acceptors (Lipinski definition) is 2. The quantitative estimate of drug-likeness (QED) is 0.630. The molecule has 0 bridgehead atoms. The van der Waals surface area contributed by atoms with E-state index in [0.29, 0.717) is 6.54 Å². The minimum atomic E-state index is -0.00882. The summed E-state index contributed by atoms with van der Waals surface area (Å²) < 4.78 is 0. The predicted molar refractivity (Wildman–Crippen MR) is 47.8 cm³/mol. The molecule has 12 heavy (non-hydrogen) atoms. The smallest absolute Gasteiger partial charge is 0.216 e. The van der Waals surface area contributed by atoms with Crippen LogP contribution in [0.4, 0.5) is 0 Å². The van der Waals surface area contributed by atoms with Crippen molar-refractivity contribution in [2.45, 2.75) is 33.6 Å². The van der Waals surface area contributed by atoms with E-state index in [1.807, 2.05) is 6.92 Å². The van der Waals surface area contributed by atoms with E-state index in [1.54, 1.807) is 6.92 Å². The Hall–Kier alpha value is -0.860. The fraction of sp³-hybridized carbons (Fsp3) is 0.778. The highest BCUT2D eigenvalue weighted by Gasteiger charge is 2.05. The first-order chi connectivity index (χ1) is 5.54. The third-order valence-corrected chi connectivity index (χ3v) is 1.88. The molecule has 0 aliphatic heterocycles. The first kappa shape index (κ1) is 11.1. The number of amides is 1. The molecule has 0 aliphatic carbocycles. The van der Waals surface area contributed by atoms with E-state index in [4.69, 9.17) is 0 Å². The molecule has 1 atom stereocenters. The van der Waals surface area contributed by atoms with Crippen LogP contribution in [0, 0.1) is 5.92 Å². The lowest BCUT2D eigenvalue weighted by Crippen LogP contribution is -2.21. The Labute approximate surface area is 73.5 Å². The molecule has 0 aliphatic rings. The van der Waals surface area contributed by atoms with Crippen LogP contribution in [0.5, 0.6) is 0 Å². The van der Waals surface area contributed by atoms with Crippen molar-refractivity contribution in [1.29, 1.82) is 0 Å². The summed E-state index contributed by atoms with van der Waals surface area (Å²) in [6, 6.07) is 0. The molecule has 3 heteroatoms. The van der Waals surface area contributed by atoms with Gasteiger partial charge in [0, 0.05) is 19.4 Å². The van der Waals surface area contributed by atoms with Crippen LogP contribution in [0.2, 0.25) is 0 Å². The second-order valence-corrected chi connectivity index (χ2v) is 3.14. The average molecular weight is 171 g/mol. The standard InChI is InChI=1S/C9H17NO2/c1-7(8(2)11)5-4-6-10-9(3)12/h7H,4-6H2,1-3H3,(H,10,12). The predicted octanol–water partition coefficient (Wildman–Crippen LogP) is 1.13. The van der Waals surface area contributed by atoms with Crippen LogP contribution in [-0.2, 0) is 9.59 Å². The molecule has 3 nitrogen and oxygen atoms in total. The highest BCUT2D eigenvalue weighted by molar-refractivity contribution is 5.77. The lowest BCUT2D eigenvalue weighted by Gasteiger charge is -2.06. The Balaban J connectivity index is 3.31. The van der Waals surface area contributed by atoms with Crippen LogP contribution in [0.1, 0.15) is 33.6 Å². The molecule has 70 valence electrons. The maximum atomic E-state index is 10.8. The normalized spacial score (nSPS) is 12.2. The van der Waals surface area contributed by atoms with Crippen LogP contribution in [0.3, 0.4) is 0 Å². The third-order valence-electron chi connectivity index (χ3n) is 1.88. The van der Waals surface area contributed by atoms with Crippen molar-refractivity contribution in [2.75, 3.05) is 6.54 Å². The van der Waals surface area contributed by atoms with Crippen LogP contribution < -0.4 is 5.32 Å². The molecule has 0 radical (unpaired) electrons. The number of carbonyl (C=O) groups excluding carboxylic acids is 2. The molecule has 0 aromatic carbocycles. The molecule has 0 aromatic rings. The largest absolute Gasteiger partial charge is 0.356 e. The van der Waals surface area contributed by atoms with Crippen LogP contribution in [0.15, 0.2) is 0 Å². The number of hydrogen-bond donors (Lipinski definition) is 1. The minimum Gasteiger partial charge on any atom is -0.356 e. The van der Waals surface area contributed by atoms with Crippen molar-refractivity contribution in [3.05, 3.63) is 0 Å². The summed E-state index contributed by atoms with van der Waals surface area (Å²) in [7, 11) is 0. The van der Waals surface area contributed by atoms with E-state index < -0.39 is 0 Å². The summed E-state index contributed by atoms with van der Waals surface area (Å²) >= 11 is 0. The molecule has 0 aromatic heterocycles. The molecule has 0 rings (SSSR count). The fourth-order valence-corrected chi connectivity index (χ4v) is 0.876. The highest BCUT2D eigenvalue weighted by Crippen LogP contribution is 2.05. The Morgan fingerprint density at radius 1 is 1.33 bits per heavy atom. The van der Waals surface area contributed by atoms with Crippen LogP contribution >= 0.6 is 0 Å². The molecule has 0 fully saturated rings. The number of Topliss-reactive ketones (excluding diaryl/α,β-unsaturated/α-hetero) is 1. The minimum absolute atomic E-state index is 0.00882. The molecule has 0 spiro atoms. The first-order valence-corrected chi connectivity index (χ1v) is 4.29. The van der Waals surface area contributed by atoms with Gasteiger partial charge in [-0.3, -0.25) is 9.59 Å². The SMILES string of the molecule is CC(=O)NCCCC(C)C(C)=O. The molecular formula is C9H17NO2. The Morgan fingerprint density at radius 2 is 1.92 bits per heavy atom. The zero-order valence-electron chi connectivity index (χ0n) is 8.02. The van der Waals surface area contributed by atoms with Crippen molar-refractivity contribution in [2.24, 2.45) is 5.92 Å². The molecule has 0 saturated heterocycles. The van der Waals surface area contributed by atoms with Crippen molar-refractivity contribution >= 4 is 11.7 Å². The van der Waals surface area contributed by atoms with Crippen LogP contribution in [-0.4, -0.2) is 18.2 Å². The van der Waals surface area contributed by atoms with Gasteiger partial charge in [0.25, 0.3) is 0 Å². The molecule has 1 amide bonds. The van der Waals surface area contributed by atoms with Crippen molar-refractivity contribution in [1.82, 2.24) is 5.32 Å². The maximum Gasteiger partial charge on any atom is 0.216 e. The van der Waals surface area contributed by atoms with Gasteiger partial charge in [-0.15, -0.1) is 0 Å². The van der Waals surface area contributed by atoms with Gasteiger partial charge in [-0.2, -0.15) is 0 Å². The molecular weight excluding hydrogens is 154 g/mol. The molecule has 0 heterocycles. The van der Waals surface area contributed by atoms with E-state index in [2.05, 4.69) is 5.32 Å². The number of rotatable bonds is 5. The second-order valence-electron chi connectivity index (χ2n) is 3.14. The van der Waals surface area contributed by atoms with Gasteiger partial charge in [0.1, 0.15) is 5.78 Å². The van der Waals surface area contributed by atoms with E-state index in [0.717, 1.165) is 12.8 Å². The zero-order valence-corrected chi connectivity index (χ0v) is 8.02. The summed E-state index contributed by atoms with van der Waals surface area (Å²) in [5.41, 5.74) is 0. The number of nitrogens with one attached hydrogen (secondary N) is 1. The zero-order chi connectivity index (χ0) is 9.56. The lowest BCUT2D eigenvalue weighted by atomic mass is 10.0. The lowest BCUT2D eigenvalue weighted by molar-refractivity contribution is -0.120. The number of ketones is 1. The molecule has 1 unspecified atom stereocenters. The van der Waals surface area contributed by atoms with Gasteiger partial charge in [-0.1, -0.05) is 6.92 Å². The van der Waals surface area contributed by atoms with Gasteiger partial charge in [-0.05, 0) is 19.8 Å². The van der Waals surface area contributed by atoms with Crippen molar-refractivity contribution < 1.29 is 9.59 Å². The highest BCUT2D eigenvalue weighted by atomic mass is 16.1. The molecule has 1 N–H and O–H groups in total. The Morgan fingerprint density at radius 3 is 2.33 bits per heavy atom. The van der Waals surface area contributed by atoms with Crippen molar-refractivity contribution in [3.63, 3.8) is 0 Å².